The summed E-state index contributed by atoms with van der Waals surface area (Å²) < 4.78 is 64.5. The zero-order valence-electron chi connectivity index (χ0n) is 8.82. The highest BCUT2D eigenvalue weighted by Crippen LogP contribution is 2.40. The van der Waals surface area contributed by atoms with Crippen LogP contribution in [0.3, 0.4) is 0 Å². The minimum Gasteiger partial charge on any atom is -0.397 e. The topological polar surface area (TPSA) is 85.5 Å². The third-order valence-corrected chi connectivity index (χ3v) is 1.91. The van der Waals surface area contributed by atoms with Crippen LogP contribution in [-0.2, 0) is 6.61 Å². The van der Waals surface area contributed by atoms with Gasteiger partial charge in [0.25, 0.3) is 6.43 Å². The number of aliphatic hydroxyl groups is 1. The van der Waals surface area contributed by atoms with E-state index in [-0.39, 0.29) is 6.20 Å². The van der Waals surface area contributed by atoms with E-state index in [9.17, 15) is 32.1 Å². The Hall–Kier alpha value is -2.04. The number of nitrogens with zero attached hydrogens (tertiary/aromatic N) is 2. The lowest BCUT2D eigenvalue weighted by Crippen LogP contribution is -2.19. The van der Waals surface area contributed by atoms with E-state index in [1.54, 1.807) is 0 Å². The monoisotopic (exact) mass is 288 g/mol. The van der Waals surface area contributed by atoms with E-state index in [1.807, 2.05) is 0 Å². The molecule has 0 aliphatic heterocycles. The van der Waals surface area contributed by atoms with E-state index in [0.29, 0.717) is 0 Å². The van der Waals surface area contributed by atoms with Gasteiger partial charge in [-0.1, -0.05) is 0 Å². The van der Waals surface area contributed by atoms with E-state index in [2.05, 4.69) is 9.72 Å². The Bertz CT molecular complexity index is 491. The second kappa shape index (κ2) is 5.30. The summed E-state index contributed by atoms with van der Waals surface area (Å²) >= 11 is 0. The van der Waals surface area contributed by atoms with Crippen LogP contribution in [0.5, 0.6) is 5.75 Å². The molecule has 1 N–H and O–H groups in total. The Kier molecular flexibility index (Phi) is 4.19. The molecule has 0 aromatic carbocycles. The van der Waals surface area contributed by atoms with E-state index >= 15 is 0 Å². The molecule has 0 spiro atoms. The highest BCUT2D eigenvalue weighted by molar-refractivity contribution is 5.54. The van der Waals surface area contributed by atoms with Crippen molar-refractivity contribution in [1.82, 2.24) is 4.98 Å². The molecule has 0 aliphatic rings. The zero-order valence-corrected chi connectivity index (χ0v) is 8.82. The number of aliphatic hydroxyl groups excluding tert-OH is 1. The molecule has 0 amide bonds. The average molecular weight is 288 g/mol. The van der Waals surface area contributed by atoms with E-state index in [0.717, 1.165) is 0 Å². The molecule has 1 aromatic heterocycles. The molecule has 0 saturated carbocycles. The molecule has 0 bridgehead atoms. The fourth-order valence-electron chi connectivity index (χ4n) is 1.28. The van der Waals surface area contributed by atoms with Crippen molar-refractivity contribution in [3.63, 3.8) is 0 Å². The SMILES string of the molecule is O=[N+]([O-])c1c(OC(F)(F)F)cnc(CO)c1C(F)F. The number of alkyl halides is 5. The molecular formula is C8H5F5N2O4. The van der Waals surface area contributed by atoms with Crippen molar-refractivity contribution in [3.05, 3.63) is 27.6 Å². The summed E-state index contributed by atoms with van der Waals surface area (Å²) in [5, 5.41) is 19.3. The van der Waals surface area contributed by atoms with Gasteiger partial charge in [0.1, 0.15) is 5.56 Å². The normalized spacial score (nSPS) is 11.7. The minimum atomic E-state index is -5.30. The van der Waals surface area contributed by atoms with Gasteiger partial charge in [-0.15, -0.1) is 13.2 Å². The molecule has 0 saturated heterocycles. The standard InChI is InChI=1S/C8H5F5N2O4/c9-7(10)5-3(2-16)14-1-4(6(5)15(17)18)19-8(11,12)13/h1,7,16H,2H2. The van der Waals surface area contributed by atoms with Crippen LogP contribution in [0.15, 0.2) is 6.20 Å². The maximum atomic E-state index is 12.7. The van der Waals surface area contributed by atoms with Crippen LogP contribution < -0.4 is 4.74 Å². The highest BCUT2D eigenvalue weighted by Gasteiger charge is 2.38. The van der Waals surface area contributed by atoms with Crippen molar-refractivity contribution < 1.29 is 36.7 Å². The third-order valence-electron chi connectivity index (χ3n) is 1.91. The molecule has 19 heavy (non-hydrogen) atoms. The van der Waals surface area contributed by atoms with Crippen molar-refractivity contribution in [3.8, 4) is 5.75 Å². The number of pyridine rings is 1. The highest BCUT2D eigenvalue weighted by atomic mass is 19.4. The van der Waals surface area contributed by atoms with Crippen LogP contribution in [-0.4, -0.2) is 21.4 Å². The molecule has 1 aromatic rings. The predicted molar refractivity (Wildman–Crippen MR) is 48.5 cm³/mol. The number of halogens is 5. The second-order valence-electron chi connectivity index (χ2n) is 3.10. The average Bonchev–Trinajstić information content (AvgIpc) is 2.25. The van der Waals surface area contributed by atoms with Crippen molar-refractivity contribution in [1.29, 1.82) is 0 Å². The maximum Gasteiger partial charge on any atom is 0.573 e. The van der Waals surface area contributed by atoms with Crippen LogP contribution in [0.25, 0.3) is 0 Å². The van der Waals surface area contributed by atoms with Gasteiger partial charge in [0.2, 0.25) is 5.75 Å². The van der Waals surface area contributed by atoms with Gasteiger partial charge in [-0.05, 0) is 0 Å². The molecule has 106 valence electrons. The molecule has 1 heterocycles. The number of ether oxygens (including phenoxy) is 1. The van der Waals surface area contributed by atoms with Gasteiger partial charge in [0.15, 0.2) is 0 Å². The number of aromatic nitrogens is 1. The number of nitro groups is 1. The first-order valence-corrected chi connectivity index (χ1v) is 4.48. The molecule has 0 fully saturated rings. The maximum absolute atomic E-state index is 12.7. The number of hydrogen-bond donors (Lipinski definition) is 1. The van der Waals surface area contributed by atoms with Crippen LogP contribution in [0.1, 0.15) is 17.7 Å². The van der Waals surface area contributed by atoms with Gasteiger partial charge in [-0.3, -0.25) is 15.1 Å². The largest absolute Gasteiger partial charge is 0.573 e. The van der Waals surface area contributed by atoms with Crippen molar-refractivity contribution in [2.75, 3.05) is 0 Å². The molecule has 0 aliphatic carbocycles. The molecule has 0 atom stereocenters. The summed E-state index contributed by atoms with van der Waals surface area (Å²) in [4.78, 5) is 12.2. The summed E-state index contributed by atoms with van der Waals surface area (Å²) in [6.45, 7) is -1.09. The summed E-state index contributed by atoms with van der Waals surface area (Å²) in [5.41, 5.74) is -3.78. The van der Waals surface area contributed by atoms with Crippen LogP contribution in [0, 0.1) is 10.1 Å². The van der Waals surface area contributed by atoms with Crippen LogP contribution in [0.2, 0.25) is 0 Å². The van der Waals surface area contributed by atoms with Gasteiger partial charge >= 0.3 is 12.0 Å². The Labute approximate surface area is 101 Å². The number of hydrogen-bond acceptors (Lipinski definition) is 5. The smallest absolute Gasteiger partial charge is 0.397 e. The molecule has 1 rings (SSSR count). The Morgan fingerprint density at radius 2 is 2.05 bits per heavy atom. The van der Waals surface area contributed by atoms with E-state index in [4.69, 9.17) is 5.11 Å². The fourth-order valence-corrected chi connectivity index (χ4v) is 1.28. The van der Waals surface area contributed by atoms with E-state index in [1.165, 1.54) is 0 Å². The van der Waals surface area contributed by atoms with Gasteiger partial charge < -0.3 is 9.84 Å². The van der Waals surface area contributed by atoms with Crippen molar-refractivity contribution in [2.24, 2.45) is 0 Å². The number of rotatable bonds is 4. The summed E-state index contributed by atoms with van der Waals surface area (Å²) in [7, 11) is 0. The first-order valence-electron chi connectivity index (χ1n) is 4.48. The Morgan fingerprint density at radius 1 is 1.47 bits per heavy atom. The van der Waals surface area contributed by atoms with Crippen LogP contribution >= 0.6 is 0 Å². The minimum absolute atomic E-state index is 0.253. The predicted octanol–water partition coefficient (Wildman–Crippen LogP) is 2.32. The zero-order chi connectivity index (χ0) is 14.8. The second-order valence-corrected chi connectivity index (χ2v) is 3.10. The Morgan fingerprint density at radius 3 is 2.42 bits per heavy atom. The van der Waals surface area contributed by atoms with Gasteiger partial charge in [-0.2, -0.15) is 0 Å². The lowest BCUT2D eigenvalue weighted by atomic mass is 10.1. The van der Waals surface area contributed by atoms with Crippen molar-refractivity contribution in [2.45, 2.75) is 19.4 Å². The first-order chi connectivity index (χ1) is 8.67. The van der Waals surface area contributed by atoms with Gasteiger partial charge in [0.05, 0.1) is 23.4 Å². The van der Waals surface area contributed by atoms with Gasteiger partial charge in [-0.25, -0.2) is 8.78 Å². The summed E-state index contributed by atoms with van der Waals surface area (Å²) in [6.07, 6.45) is -8.54. The molecule has 0 radical (unpaired) electrons. The lowest BCUT2D eigenvalue weighted by molar-refractivity contribution is -0.390. The molecule has 6 nitrogen and oxygen atoms in total. The third kappa shape index (κ3) is 3.47. The Balaban J connectivity index is 3.49. The quantitative estimate of drug-likeness (QED) is 0.522. The first kappa shape index (κ1) is 15.0. The molecular weight excluding hydrogens is 283 g/mol. The molecule has 0 unspecified atom stereocenters. The van der Waals surface area contributed by atoms with E-state index < -0.39 is 47.0 Å². The summed E-state index contributed by atoms with van der Waals surface area (Å²) in [5.74, 6) is -1.47. The van der Waals surface area contributed by atoms with Gasteiger partial charge in [0, 0.05) is 0 Å². The summed E-state index contributed by atoms with van der Waals surface area (Å²) in [6, 6.07) is 0. The molecule has 11 heteroatoms. The lowest BCUT2D eigenvalue weighted by Gasteiger charge is -2.12. The van der Waals surface area contributed by atoms with Crippen LogP contribution in [0.4, 0.5) is 27.6 Å². The van der Waals surface area contributed by atoms with Crippen molar-refractivity contribution >= 4 is 5.69 Å². The fraction of sp³-hybridized carbons (Fsp3) is 0.375.